The number of aliphatic hydroxyl groups excluding tert-OH is 1. The molecule has 0 bridgehead atoms. The van der Waals surface area contributed by atoms with Crippen molar-refractivity contribution in [3.05, 3.63) is 95.1 Å². The van der Waals surface area contributed by atoms with Crippen LogP contribution in [-0.4, -0.2) is 29.9 Å². The molecule has 0 spiro atoms. The third kappa shape index (κ3) is 4.61. The van der Waals surface area contributed by atoms with Gasteiger partial charge in [0.25, 0.3) is 5.91 Å². The third-order valence-electron chi connectivity index (χ3n) is 6.87. The zero-order valence-corrected chi connectivity index (χ0v) is 19.9. The smallest absolute Gasteiger partial charge is 0.294 e. The molecular weight excluding hydrogens is 440 g/mol. The Bertz CT molecular complexity index is 1240. The summed E-state index contributed by atoms with van der Waals surface area (Å²) in [4.78, 5) is 30.5. The maximum absolute atomic E-state index is 13.4. The second-order valence-electron chi connectivity index (χ2n) is 9.26. The maximum Gasteiger partial charge on any atom is 0.294 e. The number of carbonyl (C=O) groups excluding carboxylic acids is 2. The van der Waals surface area contributed by atoms with Gasteiger partial charge in [0.1, 0.15) is 17.6 Å². The fourth-order valence-corrected chi connectivity index (χ4v) is 5.04. The summed E-state index contributed by atoms with van der Waals surface area (Å²) in [6.07, 6.45) is 4.33. The summed E-state index contributed by atoms with van der Waals surface area (Å²) in [5.41, 5.74) is 2.86. The van der Waals surface area contributed by atoms with E-state index in [1.165, 1.54) is 24.2 Å². The topological polar surface area (TPSA) is 74.0 Å². The van der Waals surface area contributed by atoms with Gasteiger partial charge >= 0.3 is 0 Å². The summed E-state index contributed by atoms with van der Waals surface area (Å²) in [5.74, 6) is -0.204. The molecule has 3 heterocycles. The molecule has 5 rings (SSSR count). The lowest BCUT2D eigenvalue weighted by molar-refractivity contribution is -0.118. The van der Waals surface area contributed by atoms with Gasteiger partial charge in [0.05, 0.1) is 5.57 Å². The number of aliphatic hydroxyl groups is 1. The van der Waals surface area contributed by atoms with Crippen LogP contribution in [0.1, 0.15) is 48.8 Å². The van der Waals surface area contributed by atoms with Gasteiger partial charge in [0.15, 0.2) is 11.5 Å². The highest BCUT2D eigenvalue weighted by Crippen LogP contribution is 2.42. The van der Waals surface area contributed by atoms with Gasteiger partial charge in [0.2, 0.25) is 0 Å². The Morgan fingerprint density at radius 2 is 1.63 bits per heavy atom. The molecule has 0 radical (unpaired) electrons. The number of ketones is 1. The van der Waals surface area contributed by atoms with Crippen molar-refractivity contribution in [1.82, 2.24) is 0 Å². The molecular formula is C29H30N2O4. The highest BCUT2D eigenvalue weighted by Gasteiger charge is 2.45. The van der Waals surface area contributed by atoms with Gasteiger partial charge in [-0.25, -0.2) is 0 Å². The van der Waals surface area contributed by atoms with Crippen molar-refractivity contribution in [3.8, 4) is 0 Å². The van der Waals surface area contributed by atoms with E-state index in [0.717, 1.165) is 24.3 Å². The number of Topliss-reactive ketones (excluding diaryl/α,β-unsaturated/α-hetero) is 1. The zero-order chi connectivity index (χ0) is 24.4. The quantitative estimate of drug-likeness (QED) is 0.481. The number of carbonyl (C=O) groups is 2. The molecule has 1 aromatic heterocycles. The molecule has 2 aliphatic heterocycles. The van der Waals surface area contributed by atoms with Crippen molar-refractivity contribution < 1.29 is 19.1 Å². The molecule has 3 aromatic rings. The van der Waals surface area contributed by atoms with Crippen molar-refractivity contribution in [1.29, 1.82) is 0 Å². The zero-order valence-electron chi connectivity index (χ0n) is 19.9. The van der Waals surface area contributed by atoms with E-state index < -0.39 is 17.7 Å². The molecule has 2 aromatic carbocycles. The van der Waals surface area contributed by atoms with Gasteiger partial charge in [0, 0.05) is 30.9 Å². The number of hydrogen-bond acceptors (Lipinski definition) is 5. The van der Waals surface area contributed by atoms with Crippen molar-refractivity contribution in [2.45, 2.75) is 45.1 Å². The van der Waals surface area contributed by atoms with Crippen LogP contribution in [0, 0.1) is 6.92 Å². The van der Waals surface area contributed by atoms with Gasteiger partial charge in [-0.2, -0.15) is 0 Å². The molecule has 1 unspecified atom stereocenters. The molecule has 180 valence electrons. The average molecular weight is 471 g/mol. The Morgan fingerprint density at radius 3 is 2.29 bits per heavy atom. The first-order valence-corrected chi connectivity index (χ1v) is 12.3. The molecule has 6 nitrogen and oxygen atoms in total. The van der Waals surface area contributed by atoms with Gasteiger partial charge in [-0.3, -0.25) is 14.5 Å². The highest BCUT2D eigenvalue weighted by molar-refractivity contribution is 6.16. The second kappa shape index (κ2) is 9.82. The maximum atomic E-state index is 13.4. The first kappa shape index (κ1) is 23.0. The summed E-state index contributed by atoms with van der Waals surface area (Å²) in [5, 5.41) is 10.9. The Kier molecular flexibility index (Phi) is 6.45. The van der Waals surface area contributed by atoms with Crippen molar-refractivity contribution >= 4 is 23.1 Å². The van der Waals surface area contributed by atoms with E-state index in [2.05, 4.69) is 4.90 Å². The number of piperidine rings is 1. The molecule has 1 atom stereocenters. The SMILES string of the molecule is Cc1ccc(C2C(C(=O)CCc3ccccc3)=C(O)C(=O)N2c2ccc(N3CCCCC3)cc2)o1. The minimum atomic E-state index is -0.805. The van der Waals surface area contributed by atoms with Crippen LogP contribution in [0.5, 0.6) is 0 Å². The molecule has 0 saturated carbocycles. The monoisotopic (exact) mass is 470 g/mol. The number of hydrogen-bond donors (Lipinski definition) is 1. The number of aryl methyl sites for hydroxylation is 2. The molecule has 2 aliphatic rings. The first-order valence-electron chi connectivity index (χ1n) is 12.3. The van der Waals surface area contributed by atoms with Gasteiger partial charge < -0.3 is 14.4 Å². The Morgan fingerprint density at radius 1 is 0.943 bits per heavy atom. The predicted molar refractivity (Wildman–Crippen MR) is 136 cm³/mol. The molecule has 0 aliphatic carbocycles. The average Bonchev–Trinajstić information content (AvgIpc) is 3.44. The molecule has 35 heavy (non-hydrogen) atoms. The predicted octanol–water partition coefficient (Wildman–Crippen LogP) is 5.68. The van der Waals surface area contributed by atoms with Crippen LogP contribution < -0.4 is 9.80 Å². The van der Waals surface area contributed by atoms with Crippen LogP contribution in [0.4, 0.5) is 11.4 Å². The number of nitrogens with zero attached hydrogens (tertiary/aromatic N) is 2. The summed E-state index contributed by atoms with van der Waals surface area (Å²) in [7, 11) is 0. The number of amides is 1. The van der Waals surface area contributed by atoms with Crippen LogP contribution >= 0.6 is 0 Å². The lowest BCUT2D eigenvalue weighted by Crippen LogP contribution is -2.31. The van der Waals surface area contributed by atoms with Crippen LogP contribution in [0.15, 0.2) is 82.5 Å². The Hall–Kier alpha value is -3.80. The van der Waals surface area contributed by atoms with E-state index in [-0.39, 0.29) is 17.8 Å². The van der Waals surface area contributed by atoms with E-state index >= 15 is 0 Å². The number of rotatable bonds is 7. The molecule has 1 saturated heterocycles. The van der Waals surface area contributed by atoms with Gasteiger partial charge in [-0.1, -0.05) is 30.3 Å². The Balaban J connectivity index is 1.45. The van der Waals surface area contributed by atoms with E-state index in [4.69, 9.17) is 4.42 Å². The number of anilines is 2. The molecule has 1 N–H and O–H groups in total. The van der Waals surface area contributed by atoms with Crippen LogP contribution in [0.3, 0.4) is 0 Å². The minimum Gasteiger partial charge on any atom is -0.503 e. The third-order valence-corrected chi connectivity index (χ3v) is 6.87. The summed E-state index contributed by atoms with van der Waals surface area (Å²) >= 11 is 0. The molecule has 1 amide bonds. The van der Waals surface area contributed by atoms with E-state index in [9.17, 15) is 14.7 Å². The highest BCUT2D eigenvalue weighted by atomic mass is 16.3. The van der Waals surface area contributed by atoms with Gasteiger partial charge in [-0.15, -0.1) is 0 Å². The van der Waals surface area contributed by atoms with E-state index in [1.54, 1.807) is 12.1 Å². The number of benzene rings is 2. The van der Waals surface area contributed by atoms with Crippen molar-refractivity contribution in [2.75, 3.05) is 22.9 Å². The normalized spacial score (nSPS) is 18.4. The lowest BCUT2D eigenvalue weighted by atomic mass is 9.96. The fraction of sp³-hybridized carbons (Fsp3) is 0.310. The van der Waals surface area contributed by atoms with E-state index in [0.29, 0.717) is 23.6 Å². The lowest BCUT2D eigenvalue weighted by Gasteiger charge is -2.30. The standard InChI is InChI=1S/C29H30N2O4/c1-20-10-17-25(35-20)27-26(24(32)16-11-21-8-4-2-5-9-21)28(33)29(34)31(27)23-14-12-22(13-15-23)30-18-6-3-7-19-30/h2,4-5,8-10,12-15,17,27,33H,3,6-7,11,16,18-19H2,1H3. The Labute approximate surface area is 205 Å². The van der Waals surface area contributed by atoms with Gasteiger partial charge in [-0.05, 0) is 74.6 Å². The van der Waals surface area contributed by atoms with Crippen LogP contribution in [0.25, 0.3) is 0 Å². The summed E-state index contributed by atoms with van der Waals surface area (Å²) in [6, 6.07) is 20.3. The van der Waals surface area contributed by atoms with Crippen LogP contribution in [0.2, 0.25) is 0 Å². The van der Waals surface area contributed by atoms with Crippen molar-refractivity contribution in [2.24, 2.45) is 0 Å². The van der Waals surface area contributed by atoms with Crippen LogP contribution in [-0.2, 0) is 16.0 Å². The largest absolute Gasteiger partial charge is 0.503 e. The molecule has 1 fully saturated rings. The summed E-state index contributed by atoms with van der Waals surface area (Å²) < 4.78 is 5.88. The fourth-order valence-electron chi connectivity index (χ4n) is 5.04. The minimum absolute atomic E-state index is 0.0976. The number of furan rings is 1. The molecule has 6 heteroatoms. The van der Waals surface area contributed by atoms with Crippen molar-refractivity contribution in [3.63, 3.8) is 0 Å². The first-order chi connectivity index (χ1) is 17.0. The van der Waals surface area contributed by atoms with E-state index in [1.807, 2.05) is 61.5 Å². The summed E-state index contributed by atoms with van der Waals surface area (Å²) in [6.45, 7) is 3.87. The second-order valence-corrected chi connectivity index (χ2v) is 9.26.